The second-order valence-corrected chi connectivity index (χ2v) is 7.15. The molecule has 0 aromatic carbocycles. The molecule has 2 fully saturated rings. The Hall–Kier alpha value is -2.41. The number of carboxylic acid groups (broad SMARTS) is 1. The Balaban J connectivity index is 1.47. The molecule has 132 valence electrons. The number of nitrogens with one attached hydrogen (secondary N) is 1. The maximum Gasteiger partial charge on any atom is 0.309 e. The summed E-state index contributed by atoms with van der Waals surface area (Å²) in [4.78, 5) is 35.4. The first-order valence-electron chi connectivity index (χ1n) is 8.64. The van der Waals surface area contributed by atoms with E-state index in [1.165, 1.54) is 0 Å². The van der Waals surface area contributed by atoms with Gasteiger partial charge in [0.2, 0.25) is 5.91 Å². The molecule has 2 N–H and O–H groups in total. The number of hydrogen-bond donors (Lipinski definition) is 2. The summed E-state index contributed by atoms with van der Waals surface area (Å²) in [5.41, 5.74) is 1.35. The summed E-state index contributed by atoms with van der Waals surface area (Å²) >= 11 is 0. The van der Waals surface area contributed by atoms with Gasteiger partial charge in [-0.1, -0.05) is 0 Å². The van der Waals surface area contributed by atoms with Crippen LogP contribution in [0.1, 0.15) is 25.0 Å². The first-order valence-corrected chi connectivity index (χ1v) is 8.64. The average Bonchev–Trinajstić information content (AvgIpc) is 3.15. The van der Waals surface area contributed by atoms with Crippen molar-refractivity contribution in [1.29, 1.82) is 0 Å². The molecule has 2 saturated heterocycles. The van der Waals surface area contributed by atoms with Crippen molar-refractivity contribution in [3.05, 3.63) is 30.1 Å². The van der Waals surface area contributed by atoms with Gasteiger partial charge in [-0.3, -0.25) is 14.5 Å². The van der Waals surface area contributed by atoms with Gasteiger partial charge in [0.05, 0.1) is 17.2 Å². The number of fused-ring (bicyclic) bond motifs is 1. The van der Waals surface area contributed by atoms with Gasteiger partial charge in [-0.2, -0.15) is 0 Å². The maximum absolute atomic E-state index is 12.1. The zero-order valence-corrected chi connectivity index (χ0v) is 14.2. The molecule has 0 bridgehead atoms. The van der Waals surface area contributed by atoms with Gasteiger partial charge in [0.25, 0.3) is 0 Å². The number of H-pyrrole nitrogens is 1. The third-order valence-corrected chi connectivity index (χ3v) is 5.94. The van der Waals surface area contributed by atoms with Crippen molar-refractivity contribution in [3.63, 3.8) is 0 Å². The highest BCUT2D eigenvalue weighted by atomic mass is 16.4. The topological polar surface area (TPSA) is 89.5 Å². The Kier molecular flexibility index (Phi) is 3.76. The molecule has 2 aromatic heterocycles. The fourth-order valence-corrected chi connectivity index (χ4v) is 4.37. The summed E-state index contributed by atoms with van der Waals surface area (Å²) in [5.74, 6) is -1.51. The van der Waals surface area contributed by atoms with E-state index in [0.29, 0.717) is 12.8 Å². The van der Waals surface area contributed by atoms with Crippen molar-refractivity contribution in [2.24, 2.45) is 5.92 Å². The number of carboxylic acids is 1. The van der Waals surface area contributed by atoms with E-state index < -0.39 is 17.4 Å². The quantitative estimate of drug-likeness (QED) is 0.881. The third kappa shape index (κ3) is 2.59. The normalized spacial score (nSPS) is 23.6. The van der Waals surface area contributed by atoms with Crippen LogP contribution < -0.4 is 0 Å². The molecule has 1 unspecified atom stereocenters. The lowest BCUT2D eigenvalue weighted by atomic mass is 9.77. The Bertz CT molecular complexity index is 823. The second kappa shape index (κ2) is 5.84. The maximum atomic E-state index is 12.1. The van der Waals surface area contributed by atoms with Gasteiger partial charge in [-0.05, 0) is 31.0 Å². The van der Waals surface area contributed by atoms with Crippen LogP contribution in [0.4, 0.5) is 0 Å². The molecule has 0 aliphatic carbocycles. The number of likely N-dealkylation sites (tertiary alicyclic amines) is 2. The van der Waals surface area contributed by atoms with Crippen molar-refractivity contribution in [1.82, 2.24) is 19.8 Å². The van der Waals surface area contributed by atoms with Crippen LogP contribution in [-0.4, -0.2) is 62.4 Å². The molecule has 0 saturated carbocycles. The van der Waals surface area contributed by atoms with E-state index in [1.807, 2.05) is 18.3 Å². The molecule has 7 nitrogen and oxygen atoms in total. The van der Waals surface area contributed by atoms with Gasteiger partial charge in [-0.25, -0.2) is 4.98 Å². The lowest BCUT2D eigenvalue weighted by Crippen LogP contribution is -2.55. The Morgan fingerprint density at radius 3 is 2.84 bits per heavy atom. The molecule has 2 aliphatic rings. The van der Waals surface area contributed by atoms with Gasteiger partial charge in [0, 0.05) is 44.7 Å². The summed E-state index contributed by atoms with van der Waals surface area (Å²) < 4.78 is 0. The summed E-state index contributed by atoms with van der Waals surface area (Å²) in [7, 11) is 1.75. The highest BCUT2D eigenvalue weighted by molar-refractivity contribution is 5.88. The fourth-order valence-electron chi connectivity index (χ4n) is 4.37. The van der Waals surface area contributed by atoms with Crippen molar-refractivity contribution in [3.8, 4) is 0 Å². The summed E-state index contributed by atoms with van der Waals surface area (Å²) in [6, 6.07) is 6.09. The zero-order chi connectivity index (χ0) is 17.6. The van der Waals surface area contributed by atoms with E-state index in [-0.39, 0.29) is 12.3 Å². The highest BCUT2D eigenvalue weighted by Crippen LogP contribution is 2.42. The highest BCUT2D eigenvalue weighted by Gasteiger charge is 2.55. The standard InChI is InChI=1S/C18H22N4O3/c1-21-15(23)10-14(17(24)25)18(21)5-8-22(9-6-18)11-13-3-2-12-4-7-19-16(12)20-13/h2-4,7,14H,5-6,8-11H2,1H3,(H,19,20)(H,24,25). The van der Waals surface area contributed by atoms with Crippen LogP contribution in [0, 0.1) is 5.92 Å². The van der Waals surface area contributed by atoms with Gasteiger partial charge >= 0.3 is 5.97 Å². The minimum atomic E-state index is -0.856. The second-order valence-electron chi connectivity index (χ2n) is 7.15. The molecule has 7 heteroatoms. The smallest absolute Gasteiger partial charge is 0.309 e. The van der Waals surface area contributed by atoms with Crippen LogP contribution in [0.25, 0.3) is 11.0 Å². The number of aromatic nitrogens is 2. The van der Waals surface area contributed by atoms with Gasteiger partial charge in [0.1, 0.15) is 5.65 Å². The van der Waals surface area contributed by atoms with Crippen LogP contribution in [0.3, 0.4) is 0 Å². The zero-order valence-electron chi connectivity index (χ0n) is 14.2. The lowest BCUT2D eigenvalue weighted by molar-refractivity contribution is -0.146. The molecule has 1 spiro atoms. The van der Waals surface area contributed by atoms with Gasteiger partial charge in [-0.15, -0.1) is 0 Å². The van der Waals surface area contributed by atoms with E-state index in [9.17, 15) is 14.7 Å². The van der Waals surface area contributed by atoms with Crippen molar-refractivity contribution in [2.45, 2.75) is 31.3 Å². The number of rotatable bonds is 3. The van der Waals surface area contributed by atoms with Crippen molar-refractivity contribution < 1.29 is 14.7 Å². The predicted octanol–water partition coefficient (Wildman–Crippen LogP) is 1.46. The molecule has 0 radical (unpaired) electrons. The molecule has 25 heavy (non-hydrogen) atoms. The van der Waals surface area contributed by atoms with Crippen molar-refractivity contribution >= 4 is 22.9 Å². The molecule has 2 aromatic rings. The van der Waals surface area contributed by atoms with Crippen LogP contribution in [0.2, 0.25) is 0 Å². The number of piperidine rings is 1. The van der Waals surface area contributed by atoms with Gasteiger partial charge < -0.3 is 15.0 Å². The number of amides is 1. The minimum Gasteiger partial charge on any atom is -0.481 e. The van der Waals surface area contributed by atoms with E-state index in [0.717, 1.165) is 36.4 Å². The SMILES string of the molecule is CN1C(=O)CC(C(=O)O)C12CCN(Cc1ccc3cc[nH]c3n1)CC2. The van der Waals surface area contributed by atoms with E-state index in [1.54, 1.807) is 11.9 Å². The van der Waals surface area contributed by atoms with Crippen LogP contribution in [-0.2, 0) is 16.1 Å². The first kappa shape index (κ1) is 16.1. The number of aliphatic carboxylic acids is 1. The van der Waals surface area contributed by atoms with Crippen LogP contribution >= 0.6 is 0 Å². The molecular formula is C18H22N4O3. The molecule has 4 heterocycles. The average molecular weight is 342 g/mol. The molecule has 4 rings (SSSR count). The number of carbonyl (C=O) groups excluding carboxylic acids is 1. The monoisotopic (exact) mass is 342 g/mol. The molecule has 2 aliphatic heterocycles. The fraction of sp³-hybridized carbons (Fsp3) is 0.500. The first-order chi connectivity index (χ1) is 12.0. The molecule has 1 atom stereocenters. The van der Waals surface area contributed by atoms with Crippen LogP contribution in [0.5, 0.6) is 0 Å². The van der Waals surface area contributed by atoms with E-state index >= 15 is 0 Å². The number of carbonyl (C=O) groups is 2. The Labute approximate surface area is 145 Å². The Morgan fingerprint density at radius 2 is 2.12 bits per heavy atom. The Morgan fingerprint density at radius 1 is 1.36 bits per heavy atom. The number of aromatic amines is 1. The number of pyridine rings is 1. The number of hydrogen-bond acceptors (Lipinski definition) is 4. The van der Waals surface area contributed by atoms with E-state index in [4.69, 9.17) is 0 Å². The molecular weight excluding hydrogens is 320 g/mol. The predicted molar refractivity (Wildman–Crippen MR) is 91.8 cm³/mol. The minimum absolute atomic E-state index is 0.0558. The number of nitrogens with zero attached hydrogens (tertiary/aromatic N) is 3. The largest absolute Gasteiger partial charge is 0.481 e. The van der Waals surface area contributed by atoms with Gasteiger partial charge in [0.15, 0.2) is 0 Å². The molecule has 1 amide bonds. The lowest BCUT2D eigenvalue weighted by Gasteiger charge is -2.45. The van der Waals surface area contributed by atoms with Crippen LogP contribution in [0.15, 0.2) is 24.4 Å². The summed E-state index contributed by atoms with van der Waals surface area (Å²) in [6.07, 6.45) is 3.38. The van der Waals surface area contributed by atoms with E-state index in [2.05, 4.69) is 20.9 Å². The third-order valence-electron chi connectivity index (χ3n) is 5.94. The van der Waals surface area contributed by atoms with Crippen molar-refractivity contribution in [2.75, 3.05) is 20.1 Å². The summed E-state index contributed by atoms with van der Waals surface area (Å²) in [6.45, 7) is 2.28. The summed E-state index contributed by atoms with van der Waals surface area (Å²) in [5, 5.41) is 10.6.